The van der Waals surface area contributed by atoms with Gasteiger partial charge >= 0.3 is 6.70 Å². The van der Waals surface area contributed by atoms with E-state index in [9.17, 15) is 0 Å². The second-order valence-electron chi connectivity index (χ2n) is 9.47. The van der Waals surface area contributed by atoms with E-state index in [4.69, 9.17) is 12.1 Å². The van der Waals surface area contributed by atoms with E-state index < -0.39 is 6.70 Å². The van der Waals surface area contributed by atoms with Crippen LogP contribution in [0, 0.1) is 0 Å². The number of hydrogen-bond donors (Lipinski definition) is 0. The van der Waals surface area contributed by atoms with E-state index >= 15 is 0 Å². The van der Waals surface area contributed by atoms with Crippen molar-refractivity contribution in [2.24, 2.45) is 0 Å². The largest absolute Gasteiger partial charge is 0.689 e. The molecule has 0 radical (unpaired) electrons. The maximum atomic E-state index is 6.43. The molecule has 0 bridgehead atoms. The third kappa shape index (κ3) is 3.73. The Morgan fingerprint density at radius 3 is 1.79 bits per heavy atom. The molecule has 1 aliphatic heterocycles. The van der Waals surface area contributed by atoms with E-state index in [2.05, 4.69) is 101 Å². The standard InChI is InChI=1S/C19H32N2S2Si/c1-17(2,3)20-16(15-13-11-10-12-14-15)21(18(4,5)6)24(20,22)23-19(7,8)9/h10-14H,1-9H3. The molecule has 0 fully saturated rings. The highest BCUT2D eigenvalue weighted by Gasteiger charge is 2.63. The molecule has 1 aromatic rings. The molecule has 0 saturated carbocycles. The Hall–Kier alpha value is -0.393. The highest BCUT2D eigenvalue weighted by Crippen LogP contribution is 2.46. The van der Waals surface area contributed by atoms with Crippen LogP contribution in [0.2, 0.25) is 0 Å². The van der Waals surface area contributed by atoms with Gasteiger partial charge in [-0.2, -0.15) is 0 Å². The maximum Gasteiger partial charge on any atom is 0.400 e. The first-order chi connectivity index (χ1) is 10.7. The Bertz CT molecular complexity index is 636. The molecule has 1 atom stereocenters. The lowest BCUT2D eigenvalue weighted by Crippen LogP contribution is -2.81. The minimum atomic E-state index is -2.28. The number of rotatable bonds is 2. The first-order valence-electron chi connectivity index (χ1n) is 8.61. The van der Waals surface area contributed by atoms with Crippen molar-refractivity contribution in [2.45, 2.75) is 78.1 Å². The van der Waals surface area contributed by atoms with Gasteiger partial charge in [0.1, 0.15) is 0 Å². The predicted molar refractivity (Wildman–Crippen MR) is 113 cm³/mol. The predicted octanol–water partition coefficient (Wildman–Crippen LogP) is 4.87. The molecule has 0 N–H and O–H groups in total. The van der Waals surface area contributed by atoms with Crippen molar-refractivity contribution in [1.29, 1.82) is 0 Å². The van der Waals surface area contributed by atoms with Gasteiger partial charge in [-0.1, -0.05) is 39.0 Å². The summed E-state index contributed by atoms with van der Waals surface area (Å²) < 4.78 is 5.26. The van der Waals surface area contributed by atoms with Gasteiger partial charge in [-0.05, 0) is 53.7 Å². The minimum Gasteiger partial charge on any atom is -0.689 e. The third-order valence-corrected chi connectivity index (χ3v) is 13.2. The van der Waals surface area contributed by atoms with Crippen LogP contribution in [0.1, 0.15) is 67.9 Å². The summed E-state index contributed by atoms with van der Waals surface area (Å²) in [5, 5.41) is 0. The molecule has 0 amide bonds. The van der Waals surface area contributed by atoms with Gasteiger partial charge in [-0.25, -0.2) is 0 Å². The van der Waals surface area contributed by atoms with Gasteiger partial charge in [0.25, 0.3) is 5.84 Å². The summed E-state index contributed by atoms with van der Waals surface area (Å²) in [6, 6.07) is 10.7. The summed E-state index contributed by atoms with van der Waals surface area (Å²) in [7, 11) is 0. The molecular weight excluding hydrogens is 348 g/mol. The highest BCUT2D eigenvalue weighted by molar-refractivity contribution is 8.46. The van der Waals surface area contributed by atoms with Gasteiger partial charge in [0.15, 0.2) is 0 Å². The Balaban J connectivity index is 2.73. The molecule has 5 heteroatoms. The Labute approximate surface area is 158 Å². The summed E-state index contributed by atoms with van der Waals surface area (Å²) in [6.07, 6.45) is 0. The van der Waals surface area contributed by atoms with Crippen LogP contribution >= 0.6 is 11.2 Å². The topological polar surface area (TPSA) is 6.25 Å². The fourth-order valence-corrected chi connectivity index (χ4v) is 16.5. The molecule has 134 valence electrons. The van der Waals surface area contributed by atoms with Gasteiger partial charge in [0, 0.05) is 4.75 Å². The van der Waals surface area contributed by atoms with E-state index in [1.165, 1.54) is 11.4 Å². The number of hydrogen-bond acceptors (Lipinski definition) is 3. The summed E-state index contributed by atoms with van der Waals surface area (Å²) in [4.78, 5) is 0. The second-order valence-corrected chi connectivity index (χ2v) is 17.7. The van der Waals surface area contributed by atoms with Crippen LogP contribution in [-0.2, 0) is 12.1 Å². The summed E-state index contributed by atoms with van der Waals surface area (Å²) in [5.41, 5.74) is 1.29. The molecule has 1 aromatic carbocycles. The SMILES string of the molecule is CC(C)(C)S[Si@@]1([S-])N(C(C)(C)C)C(c2ccccc2)=[N+]1C(C)(C)C. The van der Waals surface area contributed by atoms with Gasteiger partial charge in [-0.3, -0.25) is 8.81 Å². The Kier molecular flexibility index (Phi) is 5.06. The smallest absolute Gasteiger partial charge is 0.400 e. The van der Waals surface area contributed by atoms with Gasteiger partial charge < -0.3 is 12.1 Å². The molecule has 1 aliphatic rings. The average Bonchev–Trinajstić information content (AvgIpc) is 2.31. The van der Waals surface area contributed by atoms with Gasteiger partial charge in [0.2, 0.25) is 0 Å². The molecular formula is C19H32N2S2Si. The lowest BCUT2D eigenvalue weighted by atomic mass is 10.1. The summed E-state index contributed by atoms with van der Waals surface area (Å²) >= 11 is 8.43. The number of nitrogens with zero attached hydrogens (tertiary/aromatic N) is 2. The lowest BCUT2D eigenvalue weighted by Gasteiger charge is -2.60. The Morgan fingerprint density at radius 1 is 0.917 bits per heavy atom. The average molecular weight is 381 g/mol. The molecule has 0 saturated heterocycles. The molecule has 1 heterocycles. The molecule has 0 aromatic heterocycles. The minimum absolute atomic E-state index is 0.0130. The van der Waals surface area contributed by atoms with E-state index in [0.717, 1.165) is 0 Å². The van der Waals surface area contributed by atoms with Crippen molar-refractivity contribution < 1.29 is 4.24 Å². The van der Waals surface area contributed by atoms with Crippen LogP contribution in [0.15, 0.2) is 30.3 Å². The zero-order valence-electron chi connectivity index (χ0n) is 16.6. The molecule has 0 spiro atoms. The second kappa shape index (κ2) is 6.10. The fourth-order valence-electron chi connectivity index (χ4n) is 3.24. The summed E-state index contributed by atoms with van der Waals surface area (Å²) in [5.74, 6) is 1.30. The van der Waals surface area contributed by atoms with Crippen molar-refractivity contribution in [2.75, 3.05) is 0 Å². The molecule has 0 aliphatic carbocycles. The third-order valence-electron chi connectivity index (χ3n) is 3.80. The molecule has 2 rings (SSSR count). The molecule has 2 nitrogen and oxygen atoms in total. The zero-order valence-corrected chi connectivity index (χ0v) is 19.2. The van der Waals surface area contributed by atoms with Crippen molar-refractivity contribution in [1.82, 2.24) is 4.57 Å². The number of amidine groups is 1. The van der Waals surface area contributed by atoms with Crippen LogP contribution in [-0.4, -0.2) is 37.2 Å². The van der Waals surface area contributed by atoms with E-state index in [1.54, 1.807) is 0 Å². The Morgan fingerprint density at radius 2 is 1.42 bits per heavy atom. The van der Waals surface area contributed by atoms with Crippen LogP contribution in [0.5, 0.6) is 0 Å². The van der Waals surface area contributed by atoms with Crippen molar-refractivity contribution in [3.8, 4) is 0 Å². The van der Waals surface area contributed by atoms with Crippen molar-refractivity contribution >= 4 is 35.8 Å². The first-order valence-corrected chi connectivity index (χ1v) is 13.2. The van der Waals surface area contributed by atoms with Crippen LogP contribution in [0.3, 0.4) is 0 Å². The highest BCUT2D eigenvalue weighted by atomic mass is 32.6. The first kappa shape index (κ1) is 19.9. The van der Waals surface area contributed by atoms with Crippen LogP contribution < -0.4 is 0 Å². The van der Waals surface area contributed by atoms with Crippen LogP contribution in [0.25, 0.3) is 0 Å². The monoisotopic (exact) mass is 380 g/mol. The van der Waals surface area contributed by atoms with Crippen molar-refractivity contribution in [3.05, 3.63) is 35.9 Å². The molecule has 0 unspecified atom stereocenters. The van der Waals surface area contributed by atoms with Crippen molar-refractivity contribution in [3.63, 3.8) is 0 Å². The fraction of sp³-hybridized carbons (Fsp3) is 0.632. The van der Waals surface area contributed by atoms with Gasteiger partial charge in [-0.15, -0.1) is 11.2 Å². The lowest BCUT2D eigenvalue weighted by molar-refractivity contribution is -0.506. The zero-order chi connectivity index (χ0) is 18.6. The van der Waals surface area contributed by atoms with E-state index in [0.29, 0.717) is 0 Å². The van der Waals surface area contributed by atoms with Crippen LogP contribution in [0.4, 0.5) is 0 Å². The maximum absolute atomic E-state index is 6.43. The van der Waals surface area contributed by atoms with E-state index in [-0.39, 0.29) is 15.8 Å². The summed E-state index contributed by atoms with van der Waals surface area (Å²) in [6.45, 7) is 18.3. The number of benzene rings is 1. The quantitative estimate of drug-likeness (QED) is 0.533. The van der Waals surface area contributed by atoms with E-state index in [1.807, 2.05) is 11.2 Å². The van der Waals surface area contributed by atoms with Gasteiger partial charge in [0.05, 0.1) is 16.6 Å². The normalized spacial score (nSPS) is 22.7. The molecule has 24 heavy (non-hydrogen) atoms.